The summed E-state index contributed by atoms with van der Waals surface area (Å²) in [4.78, 5) is 16.7. The Morgan fingerprint density at radius 1 is 1.18 bits per heavy atom. The van der Waals surface area contributed by atoms with Gasteiger partial charge in [-0.25, -0.2) is 9.07 Å². The number of rotatable bonds is 10. The SMILES string of the molecule is Cc1c(-c2ccncc2)nn(COCC[Si](C)(C)C)c1NC(=O)C(F)Cc1ccc(Cl)cc1. The Kier molecular flexibility index (Phi) is 8.39. The molecule has 2 heterocycles. The second-order valence-corrected chi connectivity index (χ2v) is 15.3. The number of pyridine rings is 1. The number of ether oxygens (including phenoxy) is 1. The van der Waals surface area contributed by atoms with Gasteiger partial charge in [-0.05, 0) is 42.8 Å². The summed E-state index contributed by atoms with van der Waals surface area (Å²) in [6.07, 6.45) is 1.60. The second-order valence-electron chi connectivity index (χ2n) is 9.19. The number of hydrogen-bond donors (Lipinski definition) is 1. The lowest BCUT2D eigenvalue weighted by Gasteiger charge is -2.16. The van der Waals surface area contributed by atoms with Gasteiger partial charge in [-0.3, -0.25) is 9.78 Å². The number of carbonyl (C=O) groups excluding carboxylic acids is 1. The molecule has 0 aliphatic heterocycles. The van der Waals surface area contributed by atoms with Crippen LogP contribution in [0.1, 0.15) is 11.1 Å². The van der Waals surface area contributed by atoms with Gasteiger partial charge < -0.3 is 10.1 Å². The van der Waals surface area contributed by atoms with E-state index in [1.165, 1.54) is 0 Å². The number of carbonyl (C=O) groups is 1. The summed E-state index contributed by atoms with van der Waals surface area (Å²) in [7, 11) is -1.24. The number of benzene rings is 1. The van der Waals surface area contributed by atoms with Crippen LogP contribution in [-0.4, -0.2) is 41.5 Å². The van der Waals surface area contributed by atoms with Crippen molar-refractivity contribution in [1.29, 1.82) is 0 Å². The van der Waals surface area contributed by atoms with E-state index in [4.69, 9.17) is 16.3 Å². The summed E-state index contributed by atoms with van der Waals surface area (Å²) >= 11 is 5.89. The molecule has 1 N–H and O–H groups in total. The third-order valence-corrected chi connectivity index (χ3v) is 7.16. The van der Waals surface area contributed by atoms with E-state index in [2.05, 4.69) is 35.0 Å². The molecule has 1 unspecified atom stereocenters. The van der Waals surface area contributed by atoms with E-state index < -0.39 is 20.2 Å². The van der Waals surface area contributed by atoms with Crippen molar-refractivity contribution >= 4 is 31.4 Å². The monoisotopic (exact) mass is 488 g/mol. The van der Waals surface area contributed by atoms with Crippen molar-refractivity contribution in [2.24, 2.45) is 0 Å². The third-order valence-electron chi connectivity index (χ3n) is 5.21. The number of nitrogens with one attached hydrogen (secondary N) is 1. The first kappa shape index (κ1) is 25.1. The number of alkyl halides is 1. The van der Waals surface area contributed by atoms with Gasteiger partial charge in [-0.15, -0.1) is 0 Å². The highest BCUT2D eigenvalue weighted by Crippen LogP contribution is 2.28. The van der Waals surface area contributed by atoms with Crippen molar-refractivity contribution in [3.8, 4) is 11.3 Å². The van der Waals surface area contributed by atoms with Gasteiger partial charge in [-0.1, -0.05) is 43.4 Å². The second kappa shape index (κ2) is 11.0. The molecule has 3 aromatic rings. The molecule has 3 rings (SSSR count). The Morgan fingerprint density at radius 3 is 2.48 bits per heavy atom. The molecular weight excluding hydrogens is 459 g/mol. The molecule has 2 aromatic heterocycles. The fourth-order valence-electron chi connectivity index (χ4n) is 3.23. The lowest BCUT2D eigenvalue weighted by molar-refractivity contribution is -0.120. The summed E-state index contributed by atoms with van der Waals surface area (Å²) in [6, 6.07) is 11.5. The molecule has 1 amide bonds. The van der Waals surface area contributed by atoms with E-state index in [0.717, 1.165) is 17.2 Å². The van der Waals surface area contributed by atoms with Crippen LogP contribution in [-0.2, 0) is 22.7 Å². The van der Waals surface area contributed by atoms with Crippen LogP contribution in [0.15, 0.2) is 48.8 Å². The quantitative estimate of drug-likeness (QED) is 0.292. The normalized spacial score (nSPS) is 12.5. The molecule has 0 aliphatic carbocycles. The fraction of sp³-hybridized carbons (Fsp3) is 0.375. The Hall–Kier alpha value is -2.55. The van der Waals surface area contributed by atoms with Crippen molar-refractivity contribution in [1.82, 2.24) is 14.8 Å². The first-order chi connectivity index (χ1) is 15.6. The molecule has 1 atom stereocenters. The zero-order valence-electron chi connectivity index (χ0n) is 19.4. The van der Waals surface area contributed by atoms with Gasteiger partial charge in [0.2, 0.25) is 0 Å². The van der Waals surface area contributed by atoms with Gasteiger partial charge in [0.15, 0.2) is 6.17 Å². The van der Waals surface area contributed by atoms with Gasteiger partial charge in [0.25, 0.3) is 5.91 Å². The van der Waals surface area contributed by atoms with Crippen molar-refractivity contribution in [3.63, 3.8) is 0 Å². The molecule has 176 valence electrons. The lowest BCUT2D eigenvalue weighted by Crippen LogP contribution is -2.28. The van der Waals surface area contributed by atoms with E-state index in [1.54, 1.807) is 41.3 Å². The number of halogens is 2. The molecule has 6 nitrogen and oxygen atoms in total. The van der Waals surface area contributed by atoms with Crippen LogP contribution in [0.5, 0.6) is 0 Å². The van der Waals surface area contributed by atoms with Gasteiger partial charge in [-0.2, -0.15) is 5.10 Å². The van der Waals surface area contributed by atoms with Crippen LogP contribution in [0.2, 0.25) is 30.7 Å². The van der Waals surface area contributed by atoms with Crippen LogP contribution >= 0.6 is 11.6 Å². The molecule has 1 aromatic carbocycles. The molecule has 9 heteroatoms. The Labute approximate surface area is 200 Å². The van der Waals surface area contributed by atoms with Crippen molar-refractivity contribution in [2.45, 2.75) is 51.9 Å². The molecule has 33 heavy (non-hydrogen) atoms. The van der Waals surface area contributed by atoms with Crippen molar-refractivity contribution in [3.05, 3.63) is 64.9 Å². The highest BCUT2D eigenvalue weighted by atomic mass is 35.5. The van der Waals surface area contributed by atoms with Crippen LogP contribution < -0.4 is 5.32 Å². The minimum atomic E-state index is -1.72. The number of amides is 1. The van der Waals surface area contributed by atoms with Gasteiger partial charge in [0.05, 0.1) is 5.69 Å². The predicted octanol–water partition coefficient (Wildman–Crippen LogP) is 5.74. The van der Waals surface area contributed by atoms with Crippen LogP contribution in [0, 0.1) is 6.92 Å². The first-order valence-electron chi connectivity index (χ1n) is 10.9. The standard InChI is InChI=1S/C24H30ClFN4O2Si/c1-17-22(19-9-11-27-12-10-19)29-30(16-32-13-14-33(2,3)4)23(17)28-24(31)21(26)15-18-5-7-20(25)8-6-18/h5-12,21H,13-16H2,1-4H3,(H,28,31). The van der Waals surface area contributed by atoms with Crippen LogP contribution in [0.25, 0.3) is 11.3 Å². The smallest absolute Gasteiger partial charge is 0.260 e. The molecule has 0 bridgehead atoms. The largest absolute Gasteiger partial charge is 0.359 e. The Bertz CT molecular complexity index is 1070. The lowest BCUT2D eigenvalue weighted by atomic mass is 10.1. The summed E-state index contributed by atoms with van der Waals surface area (Å²) < 4.78 is 22.2. The molecule has 0 saturated heterocycles. The van der Waals surface area contributed by atoms with E-state index in [-0.39, 0.29) is 13.2 Å². The summed E-state index contributed by atoms with van der Waals surface area (Å²) in [6.45, 7) is 9.47. The van der Waals surface area contributed by atoms with Crippen molar-refractivity contribution in [2.75, 3.05) is 11.9 Å². The van der Waals surface area contributed by atoms with E-state index >= 15 is 0 Å². The maximum absolute atomic E-state index is 14.8. The minimum Gasteiger partial charge on any atom is -0.359 e. The van der Waals surface area contributed by atoms with Crippen LogP contribution in [0.3, 0.4) is 0 Å². The van der Waals surface area contributed by atoms with Crippen molar-refractivity contribution < 1.29 is 13.9 Å². The summed E-state index contributed by atoms with van der Waals surface area (Å²) in [5, 5.41) is 7.94. The molecule has 0 fully saturated rings. The van der Waals surface area contributed by atoms with E-state index in [0.29, 0.717) is 28.7 Å². The fourth-order valence-corrected chi connectivity index (χ4v) is 4.11. The maximum atomic E-state index is 14.8. The van der Waals surface area contributed by atoms with Crippen LogP contribution in [0.4, 0.5) is 10.2 Å². The zero-order chi connectivity index (χ0) is 24.0. The van der Waals surface area contributed by atoms with Gasteiger partial charge in [0, 0.05) is 49.6 Å². The summed E-state index contributed by atoms with van der Waals surface area (Å²) in [5.74, 6) is -0.295. The van der Waals surface area contributed by atoms with Gasteiger partial charge in [0.1, 0.15) is 12.5 Å². The molecule has 0 saturated carbocycles. The minimum absolute atomic E-state index is 0.0416. The molecule has 0 aliphatic rings. The number of nitrogens with zero attached hydrogens (tertiary/aromatic N) is 3. The Balaban J connectivity index is 1.78. The van der Waals surface area contributed by atoms with E-state index in [9.17, 15) is 9.18 Å². The summed E-state index contributed by atoms with van der Waals surface area (Å²) in [5.41, 5.74) is 2.98. The zero-order valence-corrected chi connectivity index (χ0v) is 21.2. The van der Waals surface area contributed by atoms with Gasteiger partial charge >= 0.3 is 0 Å². The molecule has 0 spiro atoms. The average molecular weight is 489 g/mol. The third kappa shape index (κ3) is 7.22. The number of hydrogen-bond acceptors (Lipinski definition) is 4. The number of anilines is 1. The number of aromatic nitrogens is 3. The highest BCUT2D eigenvalue weighted by molar-refractivity contribution is 6.76. The van der Waals surface area contributed by atoms with E-state index in [1.807, 2.05) is 19.1 Å². The molecule has 0 radical (unpaired) electrons. The first-order valence-corrected chi connectivity index (χ1v) is 15.0. The predicted molar refractivity (Wildman–Crippen MR) is 133 cm³/mol. The maximum Gasteiger partial charge on any atom is 0.260 e. The average Bonchev–Trinajstić information content (AvgIpc) is 3.08. The Morgan fingerprint density at radius 2 is 1.85 bits per heavy atom. The highest BCUT2D eigenvalue weighted by Gasteiger charge is 2.23. The topological polar surface area (TPSA) is 69.0 Å². The molecular formula is C24H30ClFN4O2Si.